The Morgan fingerprint density at radius 1 is 1.20 bits per heavy atom. The zero-order valence-electron chi connectivity index (χ0n) is 16.2. The minimum Gasteiger partial charge on any atom is -0.347 e. The number of hydrogen-bond donors (Lipinski definition) is 2. The monoisotopic (exact) mass is 457 g/mol. The summed E-state index contributed by atoms with van der Waals surface area (Å²) in [4.78, 5) is 25.3. The molecule has 1 atom stereocenters. The highest BCUT2D eigenvalue weighted by Crippen LogP contribution is 2.28. The summed E-state index contributed by atoms with van der Waals surface area (Å²) in [5.74, 6) is -3.75. The molecule has 1 aromatic carbocycles. The van der Waals surface area contributed by atoms with Crippen molar-refractivity contribution in [2.75, 3.05) is 25.0 Å². The molecule has 1 saturated heterocycles. The number of aryl methyl sites for hydroxylation is 1. The number of halogens is 2. The van der Waals surface area contributed by atoms with Crippen LogP contribution in [-0.2, 0) is 19.6 Å². The van der Waals surface area contributed by atoms with E-state index < -0.39 is 39.4 Å². The minimum absolute atomic E-state index is 0.0376. The molecular formula is C19H21F2N3O4S2. The summed E-state index contributed by atoms with van der Waals surface area (Å²) in [6, 6.07) is 6.22. The fraction of sp³-hybridized carbons (Fsp3) is 0.368. The van der Waals surface area contributed by atoms with Crippen LogP contribution in [0.25, 0.3) is 0 Å². The summed E-state index contributed by atoms with van der Waals surface area (Å²) in [5.41, 5.74) is 0.0642. The molecule has 2 amide bonds. The molecule has 0 radical (unpaired) electrons. The number of carbonyl (C=O) groups excluding carboxylic acids is 2. The number of rotatable bonds is 6. The van der Waals surface area contributed by atoms with Crippen LogP contribution in [0.3, 0.4) is 0 Å². The first-order chi connectivity index (χ1) is 14.2. The van der Waals surface area contributed by atoms with Crippen molar-refractivity contribution in [1.82, 2.24) is 9.62 Å². The second kappa shape index (κ2) is 9.19. The molecule has 2 heterocycles. The number of nitrogens with one attached hydrogen (secondary N) is 2. The Kier molecular flexibility index (Phi) is 6.84. The van der Waals surface area contributed by atoms with Crippen molar-refractivity contribution < 1.29 is 26.8 Å². The van der Waals surface area contributed by atoms with E-state index in [9.17, 15) is 26.8 Å². The lowest BCUT2D eigenvalue weighted by molar-refractivity contribution is -0.128. The maximum absolute atomic E-state index is 13.2. The van der Waals surface area contributed by atoms with E-state index in [4.69, 9.17) is 0 Å². The van der Waals surface area contributed by atoms with E-state index in [1.807, 2.05) is 6.92 Å². The number of sulfonamides is 1. The van der Waals surface area contributed by atoms with Crippen molar-refractivity contribution in [3.63, 3.8) is 0 Å². The van der Waals surface area contributed by atoms with Crippen LogP contribution in [0.2, 0.25) is 0 Å². The number of carbonyl (C=O) groups is 2. The Bertz CT molecular complexity index is 1060. The Hall–Kier alpha value is -2.37. The molecule has 1 aliphatic rings. The van der Waals surface area contributed by atoms with Crippen LogP contribution in [0, 0.1) is 24.5 Å². The fourth-order valence-electron chi connectivity index (χ4n) is 3.14. The quantitative estimate of drug-likeness (QED) is 0.697. The fourth-order valence-corrected chi connectivity index (χ4v) is 6.10. The van der Waals surface area contributed by atoms with Gasteiger partial charge >= 0.3 is 0 Å². The molecule has 2 N–H and O–H groups in total. The third-order valence-corrected chi connectivity index (χ3v) is 8.02. The summed E-state index contributed by atoms with van der Waals surface area (Å²) in [7, 11) is -3.66. The van der Waals surface area contributed by atoms with Crippen LogP contribution in [0.1, 0.15) is 17.7 Å². The van der Waals surface area contributed by atoms with Crippen molar-refractivity contribution >= 4 is 38.9 Å². The lowest BCUT2D eigenvalue weighted by Gasteiger charge is -2.30. The number of amides is 2. The minimum atomic E-state index is -3.66. The second-order valence-electron chi connectivity index (χ2n) is 6.96. The van der Waals surface area contributed by atoms with Gasteiger partial charge in [0, 0.05) is 29.7 Å². The van der Waals surface area contributed by atoms with Crippen LogP contribution in [-0.4, -0.2) is 44.2 Å². The summed E-state index contributed by atoms with van der Waals surface area (Å²) in [6.45, 7) is 1.82. The van der Waals surface area contributed by atoms with E-state index in [-0.39, 0.29) is 23.0 Å². The predicted octanol–water partition coefficient (Wildman–Crippen LogP) is 2.49. The van der Waals surface area contributed by atoms with Gasteiger partial charge in [0.15, 0.2) is 11.6 Å². The van der Waals surface area contributed by atoms with Crippen molar-refractivity contribution in [3.8, 4) is 0 Å². The number of hydrogen-bond acceptors (Lipinski definition) is 5. The average molecular weight is 458 g/mol. The number of thiophene rings is 1. The third-order valence-electron chi connectivity index (χ3n) is 4.69. The smallest absolute Gasteiger partial charge is 0.252 e. The van der Waals surface area contributed by atoms with Crippen molar-refractivity contribution in [2.45, 2.75) is 24.0 Å². The van der Waals surface area contributed by atoms with Gasteiger partial charge in [-0.05, 0) is 44.0 Å². The Labute approximate surface area is 177 Å². The molecule has 2 aromatic rings. The number of piperidine rings is 1. The molecule has 3 rings (SSSR count). The standard InChI is InChI=1S/C19H21F2N3O4S2/c1-12-4-7-18(29-12)30(27,28)24-8-2-3-13(11-24)19(26)22-10-17(25)23-14-5-6-15(20)16(21)9-14/h4-7,9,13H,2-3,8,10-11H2,1H3,(H,22,26)(H,23,25)/t13-/m1/s1. The predicted molar refractivity (Wildman–Crippen MR) is 109 cm³/mol. The van der Waals surface area contributed by atoms with E-state index >= 15 is 0 Å². The van der Waals surface area contributed by atoms with Crippen LogP contribution >= 0.6 is 11.3 Å². The Morgan fingerprint density at radius 2 is 1.97 bits per heavy atom. The van der Waals surface area contributed by atoms with Gasteiger partial charge in [0.1, 0.15) is 4.21 Å². The molecule has 0 bridgehead atoms. The SMILES string of the molecule is Cc1ccc(S(=O)(=O)N2CCC[C@@H](C(=O)NCC(=O)Nc3ccc(F)c(F)c3)C2)s1. The maximum Gasteiger partial charge on any atom is 0.252 e. The van der Waals surface area contributed by atoms with Gasteiger partial charge in [-0.25, -0.2) is 17.2 Å². The van der Waals surface area contributed by atoms with E-state index in [2.05, 4.69) is 10.6 Å². The molecule has 0 aliphatic carbocycles. The van der Waals surface area contributed by atoms with Gasteiger partial charge in [-0.15, -0.1) is 11.3 Å². The summed E-state index contributed by atoms with van der Waals surface area (Å²) < 4.78 is 53.2. The average Bonchev–Trinajstić information content (AvgIpc) is 3.16. The highest BCUT2D eigenvalue weighted by atomic mass is 32.2. The summed E-state index contributed by atoms with van der Waals surface area (Å²) in [6.07, 6.45) is 1.04. The van der Waals surface area contributed by atoms with Gasteiger partial charge in [-0.3, -0.25) is 9.59 Å². The molecule has 30 heavy (non-hydrogen) atoms. The zero-order valence-corrected chi connectivity index (χ0v) is 17.8. The molecule has 0 saturated carbocycles. The highest BCUT2D eigenvalue weighted by molar-refractivity contribution is 7.91. The molecule has 1 fully saturated rings. The zero-order chi connectivity index (χ0) is 21.9. The third kappa shape index (κ3) is 5.21. The summed E-state index contributed by atoms with van der Waals surface area (Å²) >= 11 is 1.18. The number of anilines is 1. The summed E-state index contributed by atoms with van der Waals surface area (Å²) in [5, 5.41) is 4.84. The Balaban J connectivity index is 1.55. The highest BCUT2D eigenvalue weighted by Gasteiger charge is 2.34. The van der Waals surface area contributed by atoms with E-state index in [1.165, 1.54) is 21.7 Å². The van der Waals surface area contributed by atoms with Gasteiger partial charge in [-0.1, -0.05) is 0 Å². The number of nitrogens with zero attached hydrogens (tertiary/aromatic N) is 1. The van der Waals surface area contributed by atoms with Crippen molar-refractivity contribution in [1.29, 1.82) is 0 Å². The molecule has 7 nitrogen and oxygen atoms in total. The molecule has 11 heteroatoms. The van der Waals surface area contributed by atoms with Crippen molar-refractivity contribution in [2.24, 2.45) is 5.92 Å². The first-order valence-corrected chi connectivity index (χ1v) is 11.5. The van der Waals surface area contributed by atoms with E-state index in [0.717, 1.165) is 17.0 Å². The second-order valence-corrected chi connectivity index (χ2v) is 10.4. The van der Waals surface area contributed by atoms with E-state index in [0.29, 0.717) is 19.4 Å². The molecule has 1 aliphatic heterocycles. The van der Waals surface area contributed by atoms with Gasteiger partial charge in [0.2, 0.25) is 11.8 Å². The van der Waals surface area contributed by atoms with Crippen molar-refractivity contribution in [3.05, 3.63) is 46.8 Å². The first kappa shape index (κ1) is 22.3. The van der Waals surface area contributed by atoms with Crippen LogP contribution in [0.15, 0.2) is 34.5 Å². The molecule has 0 spiro atoms. The normalized spacial score (nSPS) is 17.5. The van der Waals surface area contributed by atoms with Gasteiger partial charge in [-0.2, -0.15) is 4.31 Å². The largest absolute Gasteiger partial charge is 0.347 e. The first-order valence-electron chi connectivity index (χ1n) is 9.26. The molecule has 0 unspecified atom stereocenters. The maximum atomic E-state index is 13.2. The molecule has 162 valence electrons. The van der Waals surface area contributed by atoms with Gasteiger partial charge in [0.05, 0.1) is 12.5 Å². The van der Waals surface area contributed by atoms with Gasteiger partial charge in [0.25, 0.3) is 10.0 Å². The topological polar surface area (TPSA) is 95.6 Å². The van der Waals surface area contributed by atoms with E-state index in [1.54, 1.807) is 12.1 Å². The molecular weight excluding hydrogens is 436 g/mol. The lowest BCUT2D eigenvalue weighted by Crippen LogP contribution is -2.46. The van der Waals surface area contributed by atoms with Crippen LogP contribution < -0.4 is 10.6 Å². The number of benzene rings is 1. The van der Waals surface area contributed by atoms with Crippen LogP contribution in [0.4, 0.5) is 14.5 Å². The van der Waals surface area contributed by atoms with Crippen LogP contribution in [0.5, 0.6) is 0 Å². The molecule has 1 aromatic heterocycles. The Morgan fingerprint density at radius 3 is 2.63 bits per heavy atom. The van der Waals surface area contributed by atoms with Gasteiger partial charge < -0.3 is 10.6 Å². The lowest BCUT2D eigenvalue weighted by atomic mass is 9.99.